The van der Waals surface area contributed by atoms with Gasteiger partial charge in [0.25, 0.3) is 0 Å². The van der Waals surface area contributed by atoms with E-state index in [9.17, 15) is 0 Å². The van der Waals surface area contributed by atoms with E-state index >= 15 is 0 Å². The third-order valence-corrected chi connectivity index (χ3v) is 3.66. The number of hydrogen-bond donors (Lipinski definition) is 1. The van der Waals surface area contributed by atoms with Gasteiger partial charge in [-0.2, -0.15) is 0 Å². The molecular formula is C15H19BrN4. The molecule has 0 atom stereocenters. The van der Waals surface area contributed by atoms with Crippen molar-refractivity contribution in [3.8, 4) is 0 Å². The van der Waals surface area contributed by atoms with E-state index in [-0.39, 0.29) is 0 Å². The fourth-order valence-electron chi connectivity index (χ4n) is 1.92. The molecule has 0 aromatic carbocycles. The average molecular weight is 335 g/mol. The fraction of sp³-hybridized carbons (Fsp3) is 0.400. The van der Waals surface area contributed by atoms with Crippen LogP contribution in [-0.4, -0.2) is 21.5 Å². The Kier molecular flexibility index (Phi) is 5.06. The molecule has 0 aliphatic heterocycles. The van der Waals surface area contributed by atoms with E-state index in [0.717, 1.165) is 34.0 Å². The summed E-state index contributed by atoms with van der Waals surface area (Å²) >= 11 is 3.60. The van der Waals surface area contributed by atoms with Gasteiger partial charge in [0.2, 0.25) is 0 Å². The third kappa shape index (κ3) is 3.54. The number of rotatable bonds is 5. The number of pyridine rings is 1. The zero-order valence-corrected chi connectivity index (χ0v) is 13.6. The Balaban J connectivity index is 2.37. The van der Waals surface area contributed by atoms with Crippen molar-refractivity contribution in [1.82, 2.24) is 15.0 Å². The molecule has 2 aromatic rings. The Labute approximate surface area is 128 Å². The summed E-state index contributed by atoms with van der Waals surface area (Å²) in [5, 5.41) is 3.28. The lowest BCUT2D eigenvalue weighted by Crippen LogP contribution is -2.09. The van der Waals surface area contributed by atoms with Crippen LogP contribution in [0.15, 0.2) is 28.9 Å². The maximum atomic E-state index is 4.67. The summed E-state index contributed by atoms with van der Waals surface area (Å²) in [7, 11) is 0. The van der Waals surface area contributed by atoms with Crippen LogP contribution in [0.4, 0.5) is 5.82 Å². The predicted molar refractivity (Wildman–Crippen MR) is 85.0 cm³/mol. The van der Waals surface area contributed by atoms with Crippen LogP contribution in [-0.2, 0) is 6.42 Å². The average Bonchev–Trinajstić information content (AvgIpc) is 2.43. The van der Waals surface area contributed by atoms with Crippen molar-refractivity contribution < 1.29 is 0 Å². The van der Waals surface area contributed by atoms with E-state index in [2.05, 4.69) is 57.0 Å². The number of aromatic nitrogens is 3. The van der Waals surface area contributed by atoms with Gasteiger partial charge >= 0.3 is 0 Å². The van der Waals surface area contributed by atoms with E-state index in [1.54, 1.807) is 6.20 Å². The third-order valence-electron chi connectivity index (χ3n) is 2.88. The highest BCUT2D eigenvalue weighted by atomic mass is 79.9. The first-order valence-corrected chi connectivity index (χ1v) is 7.61. The lowest BCUT2D eigenvalue weighted by molar-refractivity contribution is 0.781. The van der Waals surface area contributed by atoms with Crippen LogP contribution in [0.2, 0.25) is 0 Å². The SMILES string of the molecule is CCNc1nc(Cc2ccccn2)nc(C(C)C)c1Br. The first kappa shape index (κ1) is 14.9. The molecule has 0 saturated carbocycles. The summed E-state index contributed by atoms with van der Waals surface area (Å²) in [4.78, 5) is 13.6. The molecule has 0 unspecified atom stereocenters. The van der Waals surface area contributed by atoms with E-state index < -0.39 is 0 Å². The van der Waals surface area contributed by atoms with Crippen LogP contribution in [0, 0.1) is 0 Å². The first-order valence-electron chi connectivity index (χ1n) is 6.82. The highest BCUT2D eigenvalue weighted by Gasteiger charge is 2.15. The molecule has 0 radical (unpaired) electrons. The number of nitrogens with one attached hydrogen (secondary N) is 1. The molecule has 0 fully saturated rings. The molecule has 4 nitrogen and oxygen atoms in total. The quantitative estimate of drug-likeness (QED) is 0.903. The Morgan fingerprint density at radius 2 is 2.05 bits per heavy atom. The Hall–Kier alpha value is -1.49. The van der Waals surface area contributed by atoms with Crippen LogP contribution < -0.4 is 5.32 Å². The highest BCUT2D eigenvalue weighted by molar-refractivity contribution is 9.10. The largest absolute Gasteiger partial charge is 0.369 e. The molecular weight excluding hydrogens is 316 g/mol. The van der Waals surface area contributed by atoms with Gasteiger partial charge in [0.05, 0.1) is 16.6 Å². The number of hydrogen-bond acceptors (Lipinski definition) is 4. The molecule has 1 N–H and O–H groups in total. The molecule has 0 amide bonds. The first-order chi connectivity index (χ1) is 9.61. The van der Waals surface area contributed by atoms with Crippen molar-refractivity contribution in [3.05, 3.63) is 46.1 Å². The van der Waals surface area contributed by atoms with Crippen molar-refractivity contribution in [2.45, 2.75) is 33.1 Å². The minimum atomic E-state index is 0.340. The Morgan fingerprint density at radius 1 is 1.25 bits per heavy atom. The van der Waals surface area contributed by atoms with E-state index in [0.29, 0.717) is 12.3 Å². The number of anilines is 1. The van der Waals surface area contributed by atoms with E-state index in [4.69, 9.17) is 0 Å². The molecule has 2 aromatic heterocycles. The van der Waals surface area contributed by atoms with Gasteiger partial charge in [-0.05, 0) is 40.9 Å². The molecule has 106 valence electrons. The second-order valence-electron chi connectivity index (χ2n) is 4.87. The van der Waals surface area contributed by atoms with Crippen LogP contribution in [0.3, 0.4) is 0 Å². The lowest BCUT2D eigenvalue weighted by Gasteiger charge is -2.14. The number of nitrogens with zero attached hydrogens (tertiary/aromatic N) is 3. The van der Waals surface area contributed by atoms with Crippen molar-refractivity contribution in [2.24, 2.45) is 0 Å². The van der Waals surface area contributed by atoms with Crippen molar-refractivity contribution >= 4 is 21.7 Å². The van der Waals surface area contributed by atoms with Gasteiger partial charge in [-0.1, -0.05) is 19.9 Å². The molecule has 0 aliphatic rings. The minimum Gasteiger partial charge on any atom is -0.369 e. The van der Waals surface area contributed by atoms with E-state index in [1.165, 1.54) is 0 Å². The predicted octanol–water partition coefficient (Wildman–Crippen LogP) is 3.78. The molecule has 0 saturated heterocycles. The molecule has 2 heterocycles. The van der Waals surface area contributed by atoms with Crippen LogP contribution in [0.5, 0.6) is 0 Å². The molecule has 2 rings (SSSR count). The molecule has 0 spiro atoms. The minimum absolute atomic E-state index is 0.340. The maximum absolute atomic E-state index is 4.67. The van der Waals surface area contributed by atoms with Gasteiger partial charge in [0, 0.05) is 18.4 Å². The monoisotopic (exact) mass is 334 g/mol. The second kappa shape index (κ2) is 6.79. The zero-order valence-electron chi connectivity index (χ0n) is 12.0. The van der Waals surface area contributed by atoms with Crippen LogP contribution in [0.1, 0.15) is 43.9 Å². The Morgan fingerprint density at radius 3 is 2.65 bits per heavy atom. The van der Waals surface area contributed by atoms with Crippen LogP contribution >= 0.6 is 15.9 Å². The van der Waals surface area contributed by atoms with Gasteiger partial charge in [-0.25, -0.2) is 9.97 Å². The zero-order chi connectivity index (χ0) is 14.5. The summed E-state index contributed by atoms with van der Waals surface area (Å²) in [5.41, 5.74) is 2.01. The van der Waals surface area contributed by atoms with Gasteiger partial charge in [-0.3, -0.25) is 4.98 Å². The summed E-state index contributed by atoms with van der Waals surface area (Å²) < 4.78 is 0.958. The maximum Gasteiger partial charge on any atom is 0.144 e. The molecule has 0 bridgehead atoms. The van der Waals surface area contributed by atoms with E-state index in [1.807, 2.05) is 18.2 Å². The van der Waals surface area contributed by atoms with Gasteiger partial charge in [0.15, 0.2) is 0 Å². The van der Waals surface area contributed by atoms with Crippen molar-refractivity contribution in [2.75, 3.05) is 11.9 Å². The van der Waals surface area contributed by atoms with Gasteiger partial charge in [0.1, 0.15) is 11.6 Å². The summed E-state index contributed by atoms with van der Waals surface area (Å²) in [5.74, 6) is 2.00. The molecule has 0 aliphatic carbocycles. The standard InChI is InChI=1S/C15H19BrN4/c1-4-17-15-13(16)14(10(2)3)19-12(20-15)9-11-7-5-6-8-18-11/h5-8,10H,4,9H2,1-3H3,(H,17,19,20). The normalized spacial score (nSPS) is 10.8. The lowest BCUT2D eigenvalue weighted by atomic mass is 10.1. The smallest absolute Gasteiger partial charge is 0.144 e. The molecule has 5 heteroatoms. The fourth-order valence-corrected chi connectivity index (χ4v) is 2.70. The van der Waals surface area contributed by atoms with Gasteiger partial charge in [-0.15, -0.1) is 0 Å². The number of halogens is 1. The van der Waals surface area contributed by atoms with Crippen molar-refractivity contribution in [3.63, 3.8) is 0 Å². The van der Waals surface area contributed by atoms with Crippen molar-refractivity contribution in [1.29, 1.82) is 0 Å². The van der Waals surface area contributed by atoms with Gasteiger partial charge < -0.3 is 5.32 Å². The highest BCUT2D eigenvalue weighted by Crippen LogP contribution is 2.29. The second-order valence-corrected chi connectivity index (χ2v) is 5.66. The summed E-state index contributed by atoms with van der Waals surface area (Å²) in [6.07, 6.45) is 2.44. The Bertz CT molecular complexity index is 570. The van der Waals surface area contributed by atoms with Crippen LogP contribution in [0.25, 0.3) is 0 Å². The summed E-state index contributed by atoms with van der Waals surface area (Å²) in [6.45, 7) is 7.15. The topological polar surface area (TPSA) is 50.7 Å². The molecule has 20 heavy (non-hydrogen) atoms. The summed E-state index contributed by atoms with van der Waals surface area (Å²) in [6, 6.07) is 5.89.